The first-order valence-corrected chi connectivity index (χ1v) is 5.82. The molecule has 1 aliphatic heterocycles. The number of hydrogen-bond donors (Lipinski definition) is 1. The maximum absolute atomic E-state index is 11.8. The maximum Gasteiger partial charge on any atom is 0.289 e. The van der Waals surface area contributed by atoms with Crippen molar-refractivity contribution in [3.63, 3.8) is 0 Å². The molecule has 100 valence electrons. The Morgan fingerprint density at radius 3 is 2.37 bits per heavy atom. The molecule has 19 heavy (non-hydrogen) atoms. The van der Waals surface area contributed by atoms with E-state index < -0.39 is 17.7 Å². The van der Waals surface area contributed by atoms with Gasteiger partial charge in [0.1, 0.15) is 5.75 Å². The first-order valence-electron chi connectivity index (χ1n) is 5.82. The topological polar surface area (TPSA) is 66.8 Å². The van der Waals surface area contributed by atoms with E-state index in [1.807, 2.05) is 0 Å². The number of ether oxygens (including phenoxy) is 1. The number of carbonyl (C=O) groups excluding carboxylic acids is 2. The highest BCUT2D eigenvalue weighted by Gasteiger charge is 2.40. The highest BCUT2D eigenvalue weighted by atomic mass is 16.5. The summed E-state index contributed by atoms with van der Waals surface area (Å²) >= 11 is 0. The number of amides is 1. The second-order valence-electron chi connectivity index (χ2n) is 4.41. The molecule has 2 rings (SSSR count). The number of aliphatic hydroxyl groups is 1. The van der Waals surface area contributed by atoms with E-state index in [4.69, 9.17) is 4.74 Å². The number of Topliss-reactive ketones (excluding diaryl/α,β-unsaturated/α-hetero) is 1. The summed E-state index contributed by atoms with van der Waals surface area (Å²) in [7, 11) is 3.12. The molecular weight excluding hydrogens is 246 g/mol. The second-order valence-corrected chi connectivity index (χ2v) is 4.41. The van der Waals surface area contributed by atoms with Crippen molar-refractivity contribution >= 4 is 11.7 Å². The van der Waals surface area contributed by atoms with Crippen LogP contribution in [-0.4, -0.2) is 35.9 Å². The van der Waals surface area contributed by atoms with E-state index in [0.717, 1.165) is 5.56 Å². The molecule has 0 radical (unpaired) electrons. The van der Waals surface area contributed by atoms with Gasteiger partial charge < -0.3 is 14.7 Å². The average Bonchev–Trinajstić information content (AvgIpc) is 2.63. The van der Waals surface area contributed by atoms with Crippen LogP contribution in [0.1, 0.15) is 18.5 Å². The SMILES string of the molecule is COc1ccc([C@@H]2C(C(C)=O)=C(O)C(=O)N2C)cc1. The number of hydrogen-bond acceptors (Lipinski definition) is 4. The maximum atomic E-state index is 11.8. The number of methoxy groups -OCH3 is 1. The van der Waals surface area contributed by atoms with E-state index >= 15 is 0 Å². The van der Waals surface area contributed by atoms with Crippen molar-refractivity contribution in [2.24, 2.45) is 0 Å². The van der Waals surface area contributed by atoms with Crippen LogP contribution in [0.5, 0.6) is 5.75 Å². The van der Waals surface area contributed by atoms with Gasteiger partial charge in [-0.15, -0.1) is 0 Å². The third-order valence-electron chi connectivity index (χ3n) is 3.25. The number of carbonyl (C=O) groups is 2. The van der Waals surface area contributed by atoms with Crippen molar-refractivity contribution in [3.8, 4) is 5.75 Å². The Labute approximate surface area is 111 Å². The van der Waals surface area contributed by atoms with Crippen LogP contribution in [-0.2, 0) is 9.59 Å². The number of aliphatic hydroxyl groups excluding tert-OH is 1. The van der Waals surface area contributed by atoms with Gasteiger partial charge in [-0.3, -0.25) is 9.59 Å². The van der Waals surface area contributed by atoms with Gasteiger partial charge in [0, 0.05) is 7.05 Å². The van der Waals surface area contributed by atoms with Gasteiger partial charge in [0.05, 0.1) is 18.7 Å². The third kappa shape index (κ3) is 2.07. The van der Waals surface area contributed by atoms with Gasteiger partial charge in [-0.2, -0.15) is 0 Å². The number of likely N-dealkylation sites (N-methyl/N-ethyl adjacent to an activating group) is 1. The van der Waals surface area contributed by atoms with E-state index in [-0.39, 0.29) is 11.4 Å². The Bertz CT molecular complexity index is 559. The Morgan fingerprint density at radius 2 is 1.89 bits per heavy atom. The van der Waals surface area contributed by atoms with Crippen LogP contribution in [0, 0.1) is 0 Å². The van der Waals surface area contributed by atoms with E-state index in [1.165, 1.54) is 11.8 Å². The van der Waals surface area contributed by atoms with E-state index in [0.29, 0.717) is 5.75 Å². The van der Waals surface area contributed by atoms with Crippen LogP contribution in [0.15, 0.2) is 35.6 Å². The zero-order valence-electron chi connectivity index (χ0n) is 11.0. The normalized spacial score (nSPS) is 19.0. The van der Waals surface area contributed by atoms with E-state index in [2.05, 4.69) is 0 Å². The predicted molar refractivity (Wildman–Crippen MR) is 68.8 cm³/mol. The zero-order chi connectivity index (χ0) is 14.2. The molecule has 1 aliphatic rings. The van der Waals surface area contributed by atoms with E-state index in [1.54, 1.807) is 38.4 Å². The molecule has 0 saturated heterocycles. The summed E-state index contributed by atoms with van der Waals surface area (Å²) in [6, 6.07) is 6.50. The van der Waals surface area contributed by atoms with Crippen molar-refractivity contribution in [2.75, 3.05) is 14.2 Å². The molecule has 0 spiro atoms. The van der Waals surface area contributed by atoms with Gasteiger partial charge in [0.2, 0.25) is 0 Å². The molecule has 0 bridgehead atoms. The summed E-state index contributed by atoms with van der Waals surface area (Å²) in [4.78, 5) is 24.8. The van der Waals surface area contributed by atoms with Crippen LogP contribution in [0.4, 0.5) is 0 Å². The molecule has 0 unspecified atom stereocenters. The first kappa shape index (κ1) is 13.1. The Morgan fingerprint density at radius 1 is 1.32 bits per heavy atom. The number of rotatable bonds is 3. The fourth-order valence-corrected chi connectivity index (χ4v) is 2.26. The largest absolute Gasteiger partial charge is 0.503 e. The number of ketones is 1. The molecule has 1 N–H and O–H groups in total. The fourth-order valence-electron chi connectivity index (χ4n) is 2.26. The standard InChI is InChI=1S/C14H15NO4/c1-8(16)11-12(15(2)14(18)13(11)17)9-4-6-10(19-3)7-5-9/h4-7,12,17H,1-3H3/t12-/m1/s1. The molecule has 5 nitrogen and oxygen atoms in total. The van der Waals surface area contributed by atoms with Crippen molar-refractivity contribution in [2.45, 2.75) is 13.0 Å². The van der Waals surface area contributed by atoms with Crippen LogP contribution >= 0.6 is 0 Å². The molecule has 0 saturated carbocycles. The highest BCUT2D eigenvalue weighted by Crippen LogP contribution is 2.36. The summed E-state index contributed by atoms with van der Waals surface area (Å²) in [5.74, 6) is -0.619. The zero-order valence-corrected chi connectivity index (χ0v) is 11.0. The van der Waals surface area contributed by atoms with Crippen molar-refractivity contribution in [3.05, 3.63) is 41.2 Å². The Hall–Kier alpha value is -2.30. The summed E-state index contributed by atoms with van der Waals surface area (Å²) in [6.45, 7) is 1.34. The predicted octanol–water partition coefficient (Wildman–Crippen LogP) is 1.61. The third-order valence-corrected chi connectivity index (χ3v) is 3.25. The van der Waals surface area contributed by atoms with E-state index in [9.17, 15) is 14.7 Å². The molecule has 1 amide bonds. The highest BCUT2D eigenvalue weighted by molar-refractivity contribution is 6.07. The lowest BCUT2D eigenvalue weighted by atomic mass is 9.97. The Kier molecular flexibility index (Phi) is 3.29. The number of nitrogens with zero attached hydrogens (tertiary/aromatic N) is 1. The van der Waals surface area contributed by atoms with Crippen molar-refractivity contribution < 1.29 is 19.4 Å². The van der Waals surface area contributed by atoms with Crippen molar-refractivity contribution in [1.82, 2.24) is 4.90 Å². The molecule has 1 aromatic carbocycles. The van der Waals surface area contributed by atoms with Gasteiger partial charge in [-0.1, -0.05) is 12.1 Å². The Balaban J connectivity index is 2.47. The van der Waals surface area contributed by atoms with Crippen LogP contribution in [0.25, 0.3) is 0 Å². The van der Waals surface area contributed by atoms with Gasteiger partial charge in [0.15, 0.2) is 11.5 Å². The second kappa shape index (κ2) is 4.76. The first-order chi connectivity index (χ1) is 8.97. The van der Waals surface area contributed by atoms with Gasteiger partial charge in [0.25, 0.3) is 5.91 Å². The molecule has 0 fully saturated rings. The van der Waals surface area contributed by atoms with Gasteiger partial charge in [-0.25, -0.2) is 0 Å². The van der Waals surface area contributed by atoms with Crippen LogP contribution < -0.4 is 4.74 Å². The average molecular weight is 261 g/mol. The molecule has 1 aromatic rings. The lowest BCUT2D eigenvalue weighted by Gasteiger charge is -2.22. The molecule has 1 heterocycles. The minimum absolute atomic E-state index is 0.137. The lowest BCUT2D eigenvalue weighted by Crippen LogP contribution is -2.26. The quantitative estimate of drug-likeness (QED) is 0.897. The summed E-state index contributed by atoms with van der Waals surface area (Å²) in [6.07, 6.45) is 0. The smallest absolute Gasteiger partial charge is 0.289 e. The summed E-state index contributed by atoms with van der Waals surface area (Å²) in [5, 5.41) is 9.77. The monoisotopic (exact) mass is 261 g/mol. The van der Waals surface area contributed by atoms with Crippen LogP contribution in [0.2, 0.25) is 0 Å². The molecular formula is C14H15NO4. The molecule has 1 atom stereocenters. The number of benzene rings is 1. The fraction of sp³-hybridized carbons (Fsp3) is 0.286. The molecule has 5 heteroatoms. The summed E-state index contributed by atoms with van der Waals surface area (Å²) < 4.78 is 5.07. The molecule has 0 aromatic heterocycles. The summed E-state index contributed by atoms with van der Waals surface area (Å²) in [5.41, 5.74) is 0.892. The minimum atomic E-state index is -0.545. The molecule has 0 aliphatic carbocycles. The lowest BCUT2D eigenvalue weighted by molar-refractivity contribution is -0.128. The van der Waals surface area contributed by atoms with Gasteiger partial charge >= 0.3 is 0 Å². The van der Waals surface area contributed by atoms with Crippen molar-refractivity contribution in [1.29, 1.82) is 0 Å². The minimum Gasteiger partial charge on any atom is -0.503 e. The van der Waals surface area contributed by atoms with Crippen LogP contribution in [0.3, 0.4) is 0 Å². The van der Waals surface area contributed by atoms with Gasteiger partial charge in [-0.05, 0) is 24.6 Å².